The Morgan fingerprint density at radius 1 is 1.38 bits per heavy atom. The number of halogens is 1. The van der Waals surface area contributed by atoms with Crippen LogP contribution in [0.15, 0.2) is 33.5 Å². The largest absolute Gasteiger partial charge is 0.423 e. The summed E-state index contributed by atoms with van der Waals surface area (Å²) in [5, 5.41) is 7.45. The lowest BCUT2D eigenvalue weighted by molar-refractivity contribution is 0.568. The van der Waals surface area contributed by atoms with Crippen LogP contribution in [0.3, 0.4) is 0 Å². The van der Waals surface area contributed by atoms with Gasteiger partial charge in [-0.25, -0.2) is 0 Å². The molecule has 0 aliphatic carbocycles. The molecule has 0 atom stereocenters. The average molecular weight is 239 g/mol. The van der Waals surface area contributed by atoms with Crippen LogP contribution in [0.4, 0.5) is 0 Å². The first-order chi connectivity index (χ1) is 6.27. The van der Waals surface area contributed by atoms with Gasteiger partial charge in [0.1, 0.15) is 0 Å². The van der Waals surface area contributed by atoms with E-state index >= 15 is 0 Å². The number of hydrogen-bond acceptors (Lipinski definition) is 3. The van der Waals surface area contributed by atoms with Crippen LogP contribution in [0.2, 0.25) is 0 Å². The molecule has 2 rings (SSSR count). The average Bonchev–Trinajstić information content (AvgIpc) is 2.56. The minimum atomic E-state index is 0.534. The van der Waals surface area contributed by atoms with Gasteiger partial charge >= 0.3 is 0 Å². The lowest BCUT2D eigenvalue weighted by atomic mass is 10.1. The monoisotopic (exact) mass is 238 g/mol. The van der Waals surface area contributed by atoms with E-state index in [0.29, 0.717) is 5.89 Å². The summed E-state index contributed by atoms with van der Waals surface area (Å²) in [7, 11) is 0. The maximum Gasteiger partial charge on any atom is 0.248 e. The van der Waals surface area contributed by atoms with Crippen LogP contribution in [0.1, 0.15) is 5.56 Å². The van der Waals surface area contributed by atoms with Crippen LogP contribution < -0.4 is 0 Å². The summed E-state index contributed by atoms with van der Waals surface area (Å²) in [5.41, 5.74) is 2.11. The summed E-state index contributed by atoms with van der Waals surface area (Å²) in [6.45, 7) is 2.03. The maximum absolute atomic E-state index is 5.09. The lowest BCUT2D eigenvalue weighted by Crippen LogP contribution is -1.81. The summed E-state index contributed by atoms with van der Waals surface area (Å²) in [5.74, 6) is 0.534. The summed E-state index contributed by atoms with van der Waals surface area (Å²) in [6.07, 6.45) is 1.32. The van der Waals surface area contributed by atoms with Gasteiger partial charge in [0.25, 0.3) is 0 Å². The van der Waals surface area contributed by atoms with Gasteiger partial charge in [0.05, 0.1) is 5.56 Å². The Kier molecular flexibility index (Phi) is 2.14. The van der Waals surface area contributed by atoms with Gasteiger partial charge in [0.15, 0.2) is 0 Å². The third-order valence-electron chi connectivity index (χ3n) is 1.72. The van der Waals surface area contributed by atoms with Gasteiger partial charge in [0, 0.05) is 4.47 Å². The molecule has 0 spiro atoms. The molecule has 0 N–H and O–H groups in total. The third kappa shape index (κ3) is 1.62. The zero-order valence-corrected chi connectivity index (χ0v) is 8.58. The Hall–Kier alpha value is -1.16. The molecule has 1 aromatic carbocycles. The van der Waals surface area contributed by atoms with Crippen LogP contribution in [0.5, 0.6) is 0 Å². The molecule has 0 saturated carbocycles. The standard InChI is InChI=1S/C9H7BrN2O/c1-6-2-3-7(8(10)4-6)9-12-11-5-13-9/h2-5H,1H3. The Morgan fingerprint density at radius 2 is 2.23 bits per heavy atom. The second kappa shape index (κ2) is 3.30. The summed E-state index contributed by atoms with van der Waals surface area (Å²) >= 11 is 3.44. The van der Waals surface area contributed by atoms with Crippen molar-refractivity contribution in [2.75, 3.05) is 0 Å². The molecule has 1 heterocycles. The predicted molar refractivity (Wildman–Crippen MR) is 52.2 cm³/mol. The fraction of sp³-hybridized carbons (Fsp3) is 0.111. The second-order valence-corrected chi connectivity index (χ2v) is 3.58. The van der Waals surface area contributed by atoms with Gasteiger partial charge < -0.3 is 4.42 Å². The van der Waals surface area contributed by atoms with E-state index < -0.39 is 0 Å². The number of aromatic nitrogens is 2. The maximum atomic E-state index is 5.09. The number of aryl methyl sites for hydroxylation is 1. The van der Waals surface area contributed by atoms with E-state index in [4.69, 9.17) is 4.42 Å². The van der Waals surface area contributed by atoms with Crippen molar-refractivity contribution >= 4 is 15.9 Å². The van der Waals surface area contributed by atoms with Gasteiger partial charge in [-0.3, -0.25) is 0 Å². The molecule has 0 radical (unpaired) electrons. The molecule has 13 heavy (non-hydrogen) atoms. The van der Waals surface area contributed by atoms with E-state index in [1.807, 2.05) is 25.1 Å². The highest BCUT2D eigenvalue weighted by molar-refractivity contribution is 9.10. The van der Waals surface area contributed by atoms with Crippen LogP contribution in [0.25, 0.3) is 11.5 Å². The molecule has 66 valence electrons. The quantitative estimate of drug-likeness (QED) is 0.767. The number of hydrogen-bond donors (Lipinski definition) is 0. The summed E-state index contributed by atoms with van der Waals surface area (Å²) in [6, 6.07) is 5.97. The van der Waals surface area contributed by atoms with Crippen LogP contribution in [-0.4, -0.2) is 10.2 Å². The Labute approximate surface area is 83.9 Å². The van der Waals surface area contributed by atoms with E-state index in [1.54, 1.807) is 0 Å². The second-order valence-electron chi connectivity index (χ2n) is 2.73. The van der Waals surface area contributed by atoms with Gasteiger partial charge in [-0.2, -0.15) is 0 Å². The van der Waals surface area contributed by atoms with E-state index in [9.17, 15) is 0 Å². The van der Waals surface area contributed by atoms with E-state index in [2.05, 4.69) is 26.1 Å². The van der Waals surface area contributed by atoms with E-state index in [1.165, 1.54) is 12.0 Å². The van der Waals surface area contributed by atoms with Gasteiger partial charge in [-0.15, -0.1) is 10.2 Å². The van der Waals surface area contributed by atoms with Crippen molar-refractivity contribution in [2.45, 2.75) is 6.92 Å². The van der Waals surface area contributed by atoms with Crippen molar-refractivity contribution in [3.8, 4) is 11.5 Å². The minimum Gasteiger partial charge on any atom is -0.423 e. The molecule has 0 aliphatic heterocycles. The highest BCUT2D eigenvalue weighted by atomic mass is 79.9. The van der Waals surface area contributed by atoms with Crippen molar-refractivity contribution in [3.63, 3.8) is 0 Å². The van der Waals surface area contributed by atoms with Crippen LogP contribution in [-0.2, 0) is 0 Å². The number of benzene rings is 1. The van der Waals surface area contributed by atoms with Crippen LogP contribution in [0, 0.1) is 6.92 Å². The van der Waals surface area contributed by atoms with Crippen molar-refractivity contribution in [3.05, 3.63) is 34.6 Å². The SMILES string of the molecule is Cc1ccc(-c2nnco2)c(Br)c1. The van der Waals surface area contributed by atoms with Gasteiger partial charge in [-0.1, -0.05) is 6.07 Å². The zero-order valence-electron chi connectivity index (χ0n) is 6.99. The fourth-order valence-corrected chi connectivity index (χ4v) is 1.75. The highest BCUT2D eigenvalue weighted by Gasteiger charge is 2.07. The Morgan fingerprint density at radius 3 is 2.85 bits per heavy atom. The molecule has 1 aromatic heterocycles. The molecule has 0 fully saturated rings. The zero-order chi connectivity index (χ0) is 9.26. The Bertz CT molecular complexity index is 412. The van der Waals surface area contributed by atoms with E-state index in [-0.39, 0.29) is 0 Å². The molecule has 2 aromatic rings. The highest BCUT2D eigenvalue weighted by Crippen LogP contribution is 2.26. The fourth-order valence-electron chi connectivity index (χ4n) is 1.08. The Balaban J connectivity index is 2.53. The van der Waals surface area contributed by atoms with Crippen LogP contribution >= 0.6 is 15.9 Å². The molecule has 0 bridgehead atoms. The normalized spacial score (nSPS) is 10.3. The summed E-state index contributed by atoms with van der Waals surface area (Å²) in [4.78, 5) is 0. The molecular formula is C9H7BrN2O. The van der Waals surface area contributed by atoms with Crippen molar-refractivity contribution in [1.82, 2.24) is 10.2 Å². The molecule has 3 nitrogen and oxygen atoms in total. The topological polar surface area (TPSA) is 38.9 Å². The molecule has 0 aliphatic rings. The first kappa shape index (κ1) is 8.44. The first-order valence-corrected chi connectivity index (χ1v) is 4.59. The molecule has 0 saturated heterocycles. The lowest BCUT2D eigenvalue weighted by Gasteiger charge is -1.99. The van der Waals surface area contributed by atoms with Crippen molar-refractivity contribution in [1.29, 1.82) is 0 Å². The predicted octanol–water partition coefficient (Wildman–Crippen LogP) is 2.81. The molecule has 0 unspecified atom stereocenters. The van der Waals surface area contributed by atoms with E-state index in [0.717, 1.165) is 10.0 Å². The minimum absolute atomic E-state index is 0.534. The molecule has 0 amide bonds. The smallest absolute Gasteiger partial charge is 0.248 e. The van der Waals surface area contributed by atoms with Gasteiger partial charge in [0.2, 0.25) is 12.3 Å². The third-order valence-corrected chi connectivity index (χ3v) is 2.37. The molecule has 4 heteroatoms. The van der Waals surface area contributed by atoms with Gasteiger partial charge in [-0.05, 0) is 40.5 Å². The number of rotatable bonds is 1. The van der Waals surface area contributed by atoms with Crippen molar-refractivity contribution < 1.29 is 4.42 Å². The number of nitrogens with zero attached hydrogens (tertiary/aromatic N) is 2. The summed E-state index contributed by atoms with van der Waals surface area (Å²) < 4.78 is 6.06. The first-order valence-electron chi connectivity index (χ1n) is 3.80. The molecular weight excluding hydrogens is 232 g/mol. The van der Waals surface area contributed by atoms with Crippen molar-refractivity contribution in [2.24, 2.45) is 0 Å².